The molecule has 11 aromatic carbocycles. The summed E-state index contributed by atoms with van der Waals surface area (Å²) in [5.74, 6) is 0. The molecule has 2 aromatic heterocycles. The lowest BCUT2D eigenvalue weighted by Crippen LogP contribution is -2.10. The second-order valence-corrected chi connectivity index (χ2v) is 17.5. The summed E-state index contributed by atoms with van der Waals surface area (Å²) in [6.45, 7) is 0. The predicted octanol–water partition coefficient (Wildman–Crippen LogP) is 17.9. The minimum Gasteiger partial charge on any atom is -0.453 e. The molecule has 0 saturated heterocycles. The van der Waals surface area contributed by atoms with E-state index >= 15 is 0 Å². The maximum absolute atomic E-state index is 6.97. The fraction of sp³-hybridized carbons (Fsp3) is 0. The molecule has 0 aliphatic carbocycles. The fourth-order valence-electron chi connectivity index (χ4n) is 9.81. The standard InChI is InChI=1S/C60H37NOS/c1-2-11-38(12-3-1)39-21-23-40(24-22-39)41-25-31-46(32-26-41)61(54-20-10-19-51-52-35-29-42-13-4-8-17-49(42)58(52)62-59(51)54)47-33-27-44(28-34-47)56-48-16-7-6-15-45(48)37-55-57(56)53-36-30-43-14-5-9-18-50(43)60(53)63-55/h1-37H. The molecule has 13 rings (SSSR count). The average Bonchev–Trinajstić information content (AvgIpc) is 3.94. The Morgan fingerprint density at radius 3 is 1.54 bits per heavy atom. The summed E-state index contributed by atoms with van der Waals surface area (Å²) in [6.07, 6.45) is 0. The molecule has 0 aliphatic heterocycles. The van der Waals surface area contributed by atoms with Crippen molar-refractivity contribution in [1.82, 2.24) is 0 Å². The van der Waals surface area contributed by atoms with Crippen LogP contribution in [0.2, 0.25) is 0 Å². The Morgan fingerprint density at radius 2 is 0.841 bits per heavy atom. The molecule has 13 aromatic rings. The van der Waals surface area contributed by atoms with E-state index in [9.17, 15) is 0 Å². The fourth-order valence-corrected chi connectivity index (χ4v) is 11.1. The van der Waals surface area contributed by atoms with Crippen molar-refractivity contribution in [3.8, 4) is 33.4 Å². The Hall–Kier alpha value is -7.98. The van der Waals surface area contributed by atoms with Crippen LogP contribution in [-0.4, -0.2) is 0 Å². The van der Waals surface area contributed by atoms with Crippen molar-refractivity contribution in [2.45, 2.75) is 0 Å². The highest BCUT2D eigenvalue weighted by Crippen LogP contribution is 2.48. The Labute approximate surface area is 368 Å². The smallest absolute Gasteiger partial charge is 0.159 e. The van der Waals surface area contributed by atoms with E-state index in [0.717, 1.165) is 50.0 Å². The Balaban J connectivity index is 0.978. The lowest BCUT2D eigenvalue weighted by atomic mass is 9.92. The SMILES string of the molecule is c1ccc(-c2ccc(-c3ccc(N(c4ccc(-c5c6ccccc6cc6sc7c8ccccc8ccc7c56)cc4)c4cccc5c4oc4c6ccccc6ccc54)cc3)cc2)cc1. The lowest BCUT2D eigenvalue weighted by molar-refractivity contribution is 0.673. The number of benzene rings is 11. The van der Waals surface area contributed by atoms with Crippen molar-refractivity contribution < 1.29 is 4.42 Å². The molecule has 0 aliphatic rings. The summed E-state index contributed by atoms with van der Waals surface area (Å²) in [5.41, 5.74) is 12.1. The van der Waals surface area contributed by atoms with E-state index < -0.39 is 0 Å². The summed E-state index contributed by atoms with van der Waals surface area (Å²) < 4.78 is 9.62. The van der Waals surface area contributed by atoms with Crippen LogP contribution in [0.5, 0.6) is 0 Å². The van der Waals surface area contributed by atoms with E-state index in [1.54, 1.807) is 0 Å². The topological polar surface area (TPSA) is 16.4 Å². The zero-order valence-corrected chi connectivity index (χ0v) is 34.9. The third-order valence-corrected chi connectivity index (χ3v) is 14.0. The Morgan fingerprint density at radius 1 is 0.333 bits per heavy atom. The zero-order valence-electron chi connectivity index (χ0n) is 34.1. The molecule has 2 heterocycles. The lowest BCUT2D eigenvalue weighted by Gasteiger charge is -2.26. The number of para-hydroxylation sites is 1. The van der Waals surface area contributed by atoms with Gasteiger partial charge in [-0.25, -0.2) is 0 Å². The first-order valence-electron chi connectivity index (χ1n) is 21.5. The molecule has 2 nitrogen and oxygen atoms in total. The summed E-state index contributed by atoms with van der Waals surface area (Å²) in [4.78, 5) is 2.35. The summed E-state index contributed by atoms with van der Waals surface area (Å²) in [6, 6.07) is 81.5. The molecule has 0 unspecified atom stereocenters. The van der Waals surface area contributed by atoms with Crippen molar-refractivity contribution in [2.75, 3.05) is 4.90 Å². The molecule has 0 bridgehead atoms. The Bertz CT molecular complexity index is 3880. The number of thiophene rings is 1. The number of anilines is 3. The van der Waals surface area contributed by atoms with E-state index in [1.807, 2.05) is 11.3 Å². The molecule has 0 N–H and O–H groups in total. The van der Waals surface area contributed by atoms with Gasteiger partial charge in [-0.15, -0.1) is 11.3 Å². The summed E-state index contributed by atoms with van der Waals surface area (Å²) in [5, 5.41) is 12.2. The molecule has 0 radical (unpaired) electrons. The molecule has 294 valence electrons. The summed E-state index contributed by atoms with van der Waals surface area (Å²) >= 11 is 1.90. The van der Waals surface area contributed by atoms with E-state index in [-0.39, 0.29) is 0 Å². The first kappa shape index (κ1) is 35.7. The van der Waals surface area contributed by atoms with Gasteiger partial charge in [-0.05, 0) is 103 Å². The van der Waals surface area contributed by atoms with Gasteiger partial charge < -0.3 is 9.32 Å². The van der Waals surface area contributed by atoms with E-state index in [1.165, 1.54) is 74.9 Å². The van der Waals surface area contributed by atoms with Gasteiger partial charge in [0.05, 0.1) is 5.69 Å². The molecule has 0 atom stereocenters. The molecule has 3 heteroatoms. The zero-order chi connectivity index (χ0) is 41.4. The molecule has 0 spiro atoms. The van der Waals surface area contributed by atoms with Crippen LogP contribution in [0.15, 0.2) is 229 Å². The van der Waals surface area contributed by atoms with Gasteiger partial charge in [-0.3, -0.25) is 0 Å². The van der Waals surface area contributed by atoms with Gasteiger partial charge in [0.1, 0.15) is 5.58 Å². The molecule has 0 fully saturated rings. The average molecular weight is 820 g/mol. The van der Waals surface area contributed by atoms with Gasteiger partial charge >= 0.3 is 0 Å². The second-order valence-electron chi connectivity index (χ2n) is 16.4. The van der Waals surface area contributed by atoms with E-state index in [4.69, 9.17) is 4.42 Å². The number of nitrogens with zero attached hydrogens (tertiary/aromatic N) is 1. The number of hydrogen-bond acceptors (Lipinski definition) is 3. The van der Waals surface area contributed by atoms with Crippen LogP contribution in [0.1, 0.15) is 0 Å². The number of furan rings is 1. The van der Waals surface area contributed by atoms with Crippen LogP contribution in [0, 0.1) is 0 Å². The summed E-state index contributed by atoms with van der Waals surface area (Å²) in [7, 11) is 0. The van der Waals surface area contributed by atoms with Crippen LogP contribution < -0.4 is 4.90 Å². The molecule has 0 amide bonds. The van der Waals surface area contributed by atoms with Gasteiger partial charge in [0.15, 0.2) is 5.58 Å². The van der Waals surface area contributed by atoms with Crippen molar-refractivity contribution in [1.29, 1.82) is 0 Å². The first-order valence-corrected chi connectivity index (χ1v) is 22.3. The third kappa shape index (κ3) is 5.78. The van der Waals surface area contributed by atoms with Crippen molar-refractivity contribution in [2.24, 2.45) is 0 Å². The van der Waals surface area contributed by atoms with Crippen LogP contribution in [0.4, 0.5) is 17.1 Å². The highest BCUT2D eigenvalue weighted by Gasteiger charge is 2.22. The van der Waals surface area contributed by atoms with Crippen LogP contribution in [-0.2, 0) is 0 Å². The van der Waals surface area contributed by atoms with E-state index in [0.29, 0.717) is 0 Å². The van der Waals surface area contributed by atoms with Crippen LogP contribution >= 0.6 is 11.3 Å². The molecule has 63 heavy (non-hydrogen) atoms. The first-order chi connectivity index (χ1) is 31.2. The van der Waals surface area contributed by atoms with Crippen molar-refractivity contribution in [3.05, 3.63) is 224 Å². The monoisotopic (exact) mass is 819 g/mol. The largest absolute Gasteiger partial charge is 0.453 e. The maximum atomic E-state index is 6.97. The van der Waals surface area contributed by atoms with Gasteiger partial charge in [-0.2, -0.15) is 0 Å². The molecular formula is C60H37NOS. The van der Waals surface area contributed by atoms with E-state index in [2.05, 4.69) is 229 Å². The Kier molecular flexibility index (Phi) is 8.12. The highest BCUT2D eigenvalue weighted by molar-refractivity contribution is 7.26. The van der Waals surface area contributed by atoms with Crippen LogP contribution in [0.25, 0.3) is 108 Å². The minimum atomic E-state index is 0.862. The molecule has 0 saturated carbocycles. The van der Waals surface area contributed by atoms with Gasteiger partial charge in [0, 0.05) is 47.7 Å². The van der Waals surface area contributed by atoms with Gasteiger partial charge in [0.2, 0.25) is 0 Å². The predicted molar refractivity (Wildman–Crippen MR) is 270 cm³/mol. The van der Waals surface area contributed by atoms with Crippen molar-refractivity contribution in [3.63, 3.8) is 0 Å². The number of hydrogen-bond donors (Lipinski definition) is 0. The van der Waals surface area contributed by atoms with Crippen molar-refractivity contribution >= 4 is 103 Å². The highest BCUT2D eigenvalue weighted by atomic mass is 32.1. The minimum absolute atomic E-state index is 0.862. The van der Waals surface area contributed by atoms with Gasteiger partial charge in [0.25, 0.3) is 0 Å². The third-order valence-electron chi connectivity index (χ3n) is 12.8. The number of fused-ring (bicyclic) bond motifs is 11. The maximum Gasteiger partial charge on any atom is 0.159 e. The normalized spacial score (nSPS) is 11.8. The quantitative estimate of drug-likeness (QED) is 0.166. The molecular weight excluding hydrogens is 783 g/mol. The number of rotatable bonds is 6. The second kappa shape index (κ2) is 14.3. The van der Waals surface area contributed by atoms with Gasteiger partial charge in [-0.1, -0.05) is 182 Å². The van der Waals surface area contributed by atoms with Crippen LogP contribution in [0.3, 0.4) is 0 Å².